The van der Waals surface area contributed by atoms with Crippen molar-refractivity contribution in [3.05, 3.63) is 29.8 Å². The van der Waals surface area contributed by atoms with Gasteiger partial charge < -0.3 is 10.2 Å². The largest absolute Gasteiger partial charge is 0.382 e. The van der Waals surface area contributed by atoms with E-state index in [4.69, 9.17) is 0 Å². The Kier molecular flexibility index (Phi) is 6.93. The number of hydrogen-bond donors (Lipinski definition) is 1. The van der Waals surface area contributed by atoms with Gasteiger partial charge in [-0.25, -0.2) is 0 Å². The Morgan fingerprint density at radius 1 is 1.16 bits per heavy atom. The van der Waals surface area contributed by atoms with Crippen molar-refractivity contribution in [3.8, 4) is 0 Å². The molecule has 0 aliphatic heterocycles. The van der Waals surface area contributed by atoms with Crippen LogP contribution in [0.1, 0.15) is 39.7 Å². The Hall–Kier alpha value is -1.02. The van der Waals surface area contributed by atoms with Crippen LogP contribution in [0.4, 0.5) is 5.69 Å². The van der Waals surface area contributed by atoms with Crippen LogP contribution in [0.25, 0.3) is 0 Å². The lowest BCUT2D eigenvalue weighted by molar-refractivity contribution is 0.274. The van der Waals surface area contributed by atoms with Crippen molar-refractivity contribution in [1.29, 1.82) is 0 Å². The standard InChI is InChI=1S/C17H30N2/c1-6-12-19(5)13-14(3)15(4)18-17-11-9-8-10-16(17)7-2/h8-11,14-15,18H,6-7,12-13H2,1-5H3/t14?,15-/m0/s1. The summed E-state index contributed by atoms with van der Waals surface area (Å²) < 4.78 is 0. The molecule has 1 aromatic carbocycles. The lowest BCUT2D eigenvalue weighted by Gasteiger charge is -2.27. The zero-order chi connectivity index (χ0) is 14.3. The predicted molar refractivity (Wildman–Crippen MR) is 85.9 cm³/mol. The van der Waals surface area contributed by atoms with Gasteiger partial charge in [0.05, 0.1) is 0 Å². The number of rotatable bonds is 8. The van der Waals surface area contributed by atoms with E-state index < -0.39 is 0 Å². The first-order chi connectivity index (χ1) is 9.08. The van der Waals surface area contributed by atoms with E-state index in [1.807, 2.05) is 0 Å². The zero-order valence-corrected chi connectivity index (χ0v) is 13.2. The minimum Gasteiger partial charge on any atom is -0.382 e. The second kappa shape index (κ2) is 8.21. The van der Waals surface area contributed by atoms with Crippen LogP contribution in [0, 0.1) is 5.92 Å². The maximum Gasteiger partial charge on any atom is 0.0374 e. The molecule has 19 heavy (non-hydrogen) atoms. The molecule has 0 aliphatic carbocycles. The molecule has 2 atom stereocenters. The molecule has 0 spiro atoms. The second-order valence-corrected chi connectivity index (χ2v) is 5.68. The van der Waals surface area contributed by atoms with E-state index in [0.29, 0.717) is 12.0 Å². The van der Waals surface area contributed by atoms with Crippen LogP contribution in [-0.4, -0.2) is 31.1 Å². The SMILES string of the molecule is CCCN(C)CC(C)[C@H](C)Nc1ccccc1CC. The number of hydrogen-bond acceptors (Lipinski definition) is 2. The highest BCUT2D eigenvalue weighted by atomic mass is 15.1. The van der Waals surface area contributed by atoms with Gasteiger partial charge >= 0.3 is 0 Å². The maximum absolute atomic E-state index is 3.68. The number of benzene rings is 1. The van der Waals surface area contributed by atoms with E-state index in [1.165, 1.54) is 24.2 Å². The van der Waals surface area contributed by atoms with Gasteiger partial charge in [0.2, 0.25) is 0 Å². The molecule has 0 amide bonds. The van der Waals surface area contributed by atoms with Gasteiger partial charge in [-0.05, 0) is 50.9 Å². The molecule has 1 rings (SSSR count). The van der Waals surface area contributed by atoms with Gasteiger partial charge in [-0.1, -0.05) is 39.0 Å². The predicted octanol–water partition coefficient (Wildman–Crippen LogP) is 4.03. The van der Waals surface area contributed by atoms with Crippen molar-refractivity contribution in [2.45, 2.75) is 46.6 Å². The summed E-state index contributed by atoms with van der Waals surface area (Å²) in [6, 6.07) is 9.13. The summed E-state index contributed by atoms with van der Waals surface area (Å²) in [5.74, 6) is 0.640. The normalized spacial score (nSPS) is 14.4. The fourth-order valence-electron chi connectivity index (χ4n) is 2.48. The van der Waals surface area contributed by atoms with Crippen LogP contribution in [0.15, 0.2) is 24.3 Å². The van der Waals surface area contributed by atoms with Gasteiger partial charge in [0.1, 0.15) is 0 Å². The molecule has 1 aromatic rings. The number of para-hydroxylation sites is 1. The first-order valence-electron chi connectivity index (χ1n) is 7.61. The molecule has 0 aromatic heterocycles. The molecule has 0 aliphatic rings. The topological polar surface area (TPSA) is 15.3 Å². The summed E-state index contributed by atoms with van der Waals surface area (Å²) in [5, 5.41) is 3.68. The highest BCUT2D eigenvalue weighted by Gasteiger charge is 2.14. The van der Waals surface area contributed by atoms with Crippen LogP contribution in [-0.2, 0) is 6.42 Å². The first-order valence-corrected chi connectivity index (χ1v) is 7.61. The lowest BCUT2D eigenvalue weighted by Crippen LogP contribution is -2.34. The van der Waals surface area contributed by atoms with Crippen LogP contribution in [0.2, 0.25) is 0 Å². The van der Waals surface area contributed by atoms with Gasteiger partial charge in [0.15, 0.2) is 0 Å². The van der Waals surface area contributed by atoms with Crippen LogP contribution in [0.5, 0.6) is 0 Å². The van der Waals surface area contributed by atoms with Gasteiger partial charge in [-0.15, -0.1) is 0 Å². The molecule has 2 heteroatoms. The molecule has 0 saturated heterocycles. The number of anilines is 1. The van der Waals surface area contributed by atoms with Crippen LogP contribution < -0.4 is 5.32 Å². The number of nitrogens with one attached hydrogen (secondary N) is 1. The zero-order valence-electron chi connectivity index (χ0n) is 13.2. The van der Waals surface area contributed by atoms with Crippen molar-refractivity contribution < 1.29 is 0 Å². The summed E-state index contributed by atoms with van der Waals surface area (Å²) in [6.45, 7) is 11.4. The molecule has 0 bridgehead atoms. The van der Waals surface area contributed by atoms with Crippen LogP contribution in [0.3, 0.4) is 0 Å². The molecule has 1 N–H and O–H groups in total. The van der Waals surface area contributed by atoms with E-state index in [9.17, 15) is 0 Å². The number of nitrogens with zero attached hydrogens (tertiary/aromatic N) is 1. The van der Waals surface area contributed by atoms with Crippen molar-refractivity contribution in [1.82, 2.24) is 4.90 Å². The minimum absolute atomic E-state index is 0.493. The Morgan fingerprint density at radius 3 is 2.47 bits per heavy atom. The Labute approximate surface area is 119 Å². The van der Waals surface area contributed by atoms with Crippen LogP contribution >= 0.6 is 0 Å². The highest BCUT2D eigenvalue weighted by molar-refractivity contribution is 5.51. The maximum atomic E-state index is 3.68. The van der Waals surface area contributed by atoms with Gasteiger partial charge in [-0.3, -0.25) is 0 Å². The smallest absolute Gasteiger partial charge is 0.0374 e. The minimum atomic E-state index is 0.493. The number of aryl methyl sites for hydroxylation is 1. The molecule has 0 fully saturated rings. The van der Waals surface area contributed by atoms with Gasteiger partial charge in [-0.2, -0.15) is 0 Å². The monoisotopic (exact) mass is 262 g/mol. The first kappa shape index (κ1) is 16.0. The quantitative estimate of drug-likeness (QED) is 0.761. The van der Waals surface area contributed by atoms with E-state index in [0.717, 1.165) is 13.0 Å². The summed E-state index contributed by atoms with van der Waals surface area (Å²) in [6.07, 6.45) is 2.31. The lowest BCUT2D eigenvalue weighted by atomic mass is 10.0. The average molecular weight is 262 g/mol. The molecular weight excluding hydrogens is 232 g/mol. The fraction of sp³-hybridized carbons (Fsp3) is 0.647. The summed E-state index contributed by atoms with van der Waals surface area (Å²) >= 11 is 0. The van der Waals surface area contributed by atoms with Crippen molar-refractivity contribution >= 4 is 5.69 Å². The van der Waals surface area contributed by atoms with Gasteiger partial charge in [0.25, 0.3) is 0 Å². The summed E-state index contributed by atoms with van der Waals surface area (Å²) in [7, 11) is 2.21. The third-order valence-corrected chi connectivity index (χ3v) is 3.84. The van der Waals surface area contributed by atoms with E-state index in [2.05, 4.69) is 69.2 Å². The van der Waals surface area contributed by atoms with E-state index in [-0.39, 0.29) is 0 Å². The Morgan fingerprint density at radius 2 is 1.84 bits per heavy atom. The molecular formula is C17H30N2. The molecule has 1 unspecified atom stereocenters. The Bertz CT molecular complexity index is 362. The summed E-state index contributed by atoms with van der Waals surface area (Å²) in [5.41, 5.74) is 2.70. The average Bonchev–Trinajstić information content (AvgIpc) is 2.39. The fourth-order valence-corrected chi connectivity index (χ4v) is 2.48. The molecule has 0 saturated carbocycles. The van der Waals surface area contributed by atoms with Crippen molar-refractivity contribution in [2.24, 2.45) is 5.92 Å². The Balaban J connectivity index is 2.55. The summed E-state index contributed by atoms with van der Waals surface area (Å²) in [4.78, 5) is 2.43. The molecule has 0 radical (unpaired) electrons. The third-order valence-electron chi connectivity index (χ3n) is 3.84. The highest BCUT2D eigenvalue weighted by Crippen LogP contribution is 2.19. The van der Waals surface area contributed by atoms with Crippen molar-refractivity contribution in [2.75, 3.05) is 25.5 Å². The molecule has 0 heterocycles. The third kappa shape index (κ3) is 5.23. The second-order valence-electron chi connectivity index (χ2n) is 5.68. The molecule has 108 valence electrons. The van der Waals surface area contributed by atoms with Crippen molar-refractivity contribution in [3.63, 3.8) is 0 Å². The van der Waals surface area contributed by atoms with E-state index >= 15 is 0 Å². The van der Waals surface area contributed by atoms with E-state index in [1.54, 1.807) is 0 Å². The molecule has 2 nitrogen and oxygen atoms in total. The van der Waals surface area contributed by atoms with Gasteiger partial charge in [0, 0.05) is 18.3 Å².